The second-order valence-corrected chi connectivity index (χ2v) is 10.5. The molecule has 1 atom stereocenters. The largest absolute Gasteiger partial charge is 0.494 e. The average molecular weight is 530 g/mol. The lowest BCUT2D eigenvalue weighted by Gasteiger charge is -2.18. The summed E-state index contributed by atoms with van der Waals surface area (Å²) in [4.78, 5) is 42.2. The molecular weight excluding hydrogens is 502 g/mol. The Labute approximate surface area is 218 Å². The molecule has 2 aromatic heterocycles. The van der Waals surface area contributed by atoms with Gasteiger partial charge in [0.25, 0.3) is 5.56 Å². The fourth-order valence-electron chi connectivity index (χ4n) is 4.06. The van der Waals surface area contributed by atoms with Crippen molar-refractivity contribution < 1.29 is 19.1 Å². The van der Waals surface area contributed by atoms with Gasteiger partial charge in [-0.1, -0.05) is 17.7 Å². The zero-order valence-electron chi connectivity index (χ0n) is 20.4. The van der Waals surface area contributed by atoms with Gasteiger partial charge in [0.1, 0.15) is 11.9 Å². The fourth-order valence-corrected chi connectivity index (χ4v) is 5.07. The molecule has 3 heterocycles. The minimum atomic E-state index is -0.482. The van der Waals surface area contributed by atoms with E-state index in [9.17, 15) is 14.4 Å². The molecule has 4 rings (SSSR count). The van der Waals surface area contributed by atoms with Crippen molar-refractivity contribution in [2.45, 2.75) is 25.4 Å². The molecule has 36 heavy (non-hydrogen) atoms. The number of benzene rings is 1. The monoisotopic (exact) mass is 529 g/mol. The van der Waals surface area contributed by atoms with E-state index in [4.69, 9.17) is 21.1 Å². The second kappa shape index (κ2) is 11.3. The number of ether oxygens (including phenoxy) is 2. The number of anilines is 1. The first-order valence-corrected chi connectivity index (χ1v) is 12.8. The van der Waals surface area contributed by atoms with E-state index in [2.05, 4.69) is 0 Å². The Kier molecular flexibility index (Phi) is 8.13. The van der Waals surface area contributed by atoms with Crippen LogP contribution in [0.1, 0.15) is 28.1 Å². The molecule has 1 aliphatic heterocycles. The molecule has 0 bridgehead atoms. The summed E-state index contributed by atoms with van der Waals surface area (Å²) in [6, 6.07) is 12.3. The summed E-state index contributed by atoms with van der Waals surface area (Å²) in [5.74, 6) is 0.436. The highest BCUT2D eigenvalue weighted by molar-refractivity contribution is 7.18. The third kappa shape index (κ3) is 5.80. The van der Waals surface area contributed by atoms with Crippen molar-refractivity contribution in [3.05, 3.63) is 73.8 Å². The Hall–Kier alpha value is -3.14. The lowest BCUT2D eigenvalue weighted by molar-refractivity contribution is 0.0943. The maximum atomic E-state index is 13.1. The van der Waals surface area contributed by atoms with Crippen molar-refractivity contribution in [2.24, 2.45) is 0 Å². The van der Waals surface area contributed by atoms with Crippen LogP contribution in [0.25, 0.3) is 5.69 Å². The number of pyridine rings is 1. The second-order valence-electron chi connectivity index (χ2n) is 8.80. The number of Topliss-reactive ketones (excluding diaryl/α,β-unsaturated/α-hetero) is 1. The topological polar surface area (TPSA) is 81.1 Å². The molecule has 0 unspecified atom stereocenters. The summed E-state index contributed by atoms with van der Waals surface area (Å²) in [6.07, 6.45) is 2.13. The first-order valence-electron chi connectivity index (χ1n) is 11.6. The highest BCUT2D eigenvalue weighted by Gasteiger charge is 2.33. The van der Waals surface area contributed by atoms with E-state index in [-0.39, 0.29) is 17.8 Å². The normalized spacial score (nSPS) is 15.4. The van der Waals surface area contributed by atoms with Gasteiger partial charge < -0.3 is 14.4 Å². The average Bonchev–Trinajstić information content (AvgIpc) is 3.46. The molecule has 1 amide bonds. The molecule has 190 valence electrons. The van der Waals surface area contributed by atoms with Crippen LogP contribution in [-0.4, -0.2) is 61.7 Å². The Bertz CT molecular complexity index is 1320. The van der Waals surface area contributed by atoms with E-state index in [1.807, 2.05) is 31.1 Å². The third-order valence-corrected chi connectivity index (χ3v) is 7.28. The van der Waals surface area contributed by atoms with Crippen LogP contribution in [0, 0.1) is 0 Å². The van der Waals surface area contributed by atoms with E-state index in [0.29, 0.717) is 51.3 Å². The summed E-state index contributed by atoms with van der Waals surface area (Å²) in [7, 11) is 5.46. The molecule has 3 aromatic rings. The predicted molar refractivity (Wildman–Crippen MR) is 141 cm³/mol. The van der Waals surface area contributed by atoms with Gasteiger partial charge in [-0.15, -0.1) is 11.3 Å². The Balaban J connectivity index is 1.48. The van der Waals surface area contributed by atoms with Crippen molar-refractivity contribution in [2.75, 3.05) is 39.2 Å². The van der Waals surface area contributed by atoms with Gasteiger partial charge in [0.15, 0.2) is 5.78 Å². The molecule has 0 radical (unpaired) electrons. The van der Waals surface area contributed by atoms with Gasteiger partial charge in [-0.3, -0.25) is 19.1 Å². The van der Waals surface area contributed by atoms with E-state index in [1.54, 1.807) is 41.1 Å². The lowest BCUT2D eigenvalue weighted by Crippen LogP contribution is -2.26. The third-order valence-electron chi connectivity index (χ3n) is 6.00. The molecule has 0 saturated carbocycles. The van der Waals surface area contributed by atoms with Gasteiger partial charge in [0, 0.05) is 30.8 Å². The minimum absolute atomic E-state index is 0.0225. The van der Waals surface area contributed by atoms with Crippen LogP contribution < -0.4 is 15.2 Å². The molecule has 1 aromatic carbocycles. The van der Waals surface area contributed by atoms with Crippen molar-refractivity contribution in [3.8, 4) is 11.4 Å². The molecule has 0 spiro atoms. The van der Waals surface area contributed by atoms with Gasteiger partial charge in [0.05, 0.1) is 34.2 Å². The number of aromatic nitrogens is 1. The Morgan fingerprint density at radius 3 is 2.72 bits per heavy atom. The number of hydrogen-bond acceptors (Lipinski definition) is 7. The molecule has 8 nitrogen and oxygen atoms in total. The first-order chi connectivity index (χ1) is 17.3. The van der Waals surface area contributed by atoms with Crippen molar-refractivity contribution >= 4 is 40.5 Å². The number of methoxy groups -OCH3 is 1. The Morgan fingerprint density at radius 2 is 2.03 bits per heavy atom. The lowest BCUT2D eigenvalue weighted by atomic mass is 10.1. The zero-order valence-corrected chi connectivity index (χ0v) is 22.0. The fraction of sp³-hybridized carbons (Fsp3) is 0.346. The van der Waals surface area contributed by atoms with E-state index in [0.717, 1.165) is 6.54 Å². The van der Waals surface area contributed by atoms with Crippen LogP contribution in [0.3, 0.4) is 0 Å². The van der Waals surface area contributed by atoms with Crippen LogP contribution in [-0.2, 0) is 11.2 Å². The Morgan fingerprint density at radius 1 is 1.22 bits per heavy atom. The minimum Gasteiger partial charge on any atom is -0.494 e. The van der Waals surface area contributed by atoms with Gasteiger partial charge >= 0.3 is 6.09 Å². The van der Waals surface area contributed by atoms with Crippen LogP contribution in [0.5, 0.6) is 5.75 Å². The molecule has 1 aliphatic rings. The maximum absolute atomic E-state index is 13.1. The number of halogens is 1. The van der Waals surface area contributed by atoms with Crippen LogP contribution in [0.4, 0.5) is 10.5 Å². The number of nitrogens with zero attached hydrogens (tertiary/aromatic N) is 3. The van der Waals surface area contributed by atoms with E-state index < -0.39 is 12.2 Å². The number of carbonyl (C=O) groups is 2. The summed E-state index contributed by atoms with van der Waals surface area (Å²) < 4.78 is 13.2. The van der Waals surface area contributed by atoms with Gasteiger partial charge in [-0.25, -0.2) is 4.79 Å². The summed E-state index contributed by atoms with van der Waals surface area (Å²) in [5, 5.41) is 0. The zero-order chi connectivity index (χ0) is 25.8. The summed E-state index contributed by atoms with van der Waals surface area (Å²) in [6.45, 7) is 1.08. The predicted octanol–water partition coefficient (Wildman–Crippen LogP) is 4.65. The summed E-state index contributed by atoms with van der Waals surface area (Å²) >= 11 is 7.16. The molecular formula is C26H28ClN3O5S. The number of ketones is 1. The highest BCUT2D eigenvalue weighted by atomic mass is 35.5. The number of likely N-dealkylation sites (N-methyl/N-ethyl adjacent to an activating group) is 1. The number of hydrogen-bond donors (Lipinski definition) is 0. The summed E-state index contributed by atoms with van der Waals surface area (Å²) in [5.41, 5.74) is 1.78. The molecule has 0 N–H and O–H groups in total. The smallest absolute Gasteiger partial charge is 0.414 e. The number of carbonyl (C=O) groups excluding carboxylic acids is 2. The van der Waals surface area contributed by atoms with Gasteiger partial charge in [0.2, 0.25) is 0 Å². The van der Waals surface area contributed by atoms with Gasteiger partial charge in [-0.05, 0) is 57.3 Å². The molecule has 10 heteroatoms. The standard InChI is InChI=1S/C26H28ClN3O5S/c1-28(2)14-12-17-5-4-13-29(25(17)32)20-8-6-18(15-22(20)34-3)30-16-19(35-26(30)33)7-9-21(31)23-10-11-24(27)36-23/h4-6,8,10-11,13,15,19H,7,9,12,14,16H2,1-3H3/t19-/m0/s1. The number of amides is 1. The maximum Gasteiger partial charge on any atom is 0.414 e. The van der Waals surface area contributed by atoms with Crippen LogP contribution in [0.15, 0.2) is 53.5 Å². The number of rotatable bonds is 10. The first kappa shape index (κ1) is 25.9. The highest BCUT2D eigenvalue weighted by Crippen LogP contribution is 2.31. The molecule has 1 saturated heterocycles. The van der Waals surface area contributed by atoms with E-state index >= 15 is 0 Å². The quantitative estimate of drug-likeness (QED) is 0.355. The number of thiophene rings is 1. The van der Waals surface area contributed by atoms with Crippen molar-refractivity contribution in [1.29, 1.82) is 0 Å². The SMILES string of the molecule is COc1cc(N2C[C@H](CCC(=O)c3ccc(Cl)s3)OC2=O)ccc1-n1cccc(CCN(C)C)c1=O. The van der Waals surface area contributed by atoms with Crippen LogP contribution >= 0.6 is 22.9 Å². The van der Waals surface area contributed by atoms with Gasteiger partial charge in [-0.2, -0.15) is 0 Å². The van der Waals surface area contributed by atoms with Crippen molar-refractivity contribution in [3.63, 3.8) is 0 Å². The van der Waals surface area contributed by atoms with E-state index in [1.165, 1.54) is 23.3 Å². The molecule has 1 fully saturated rings. The van der Waals surface area contributed by atoms with Crippen molar-refractivity contribution in [1.82, 2.24) is 9.47 Å². The number of cyclic esters (lactones) is 1. The van der Waals surface area contributed by atoms with Crippen LogP contribution in [0.2, 0.25) is 4.34 Å². The molecule has 0 aliphatic carbocycles.